The Bertz CT molecular complexity index is 585. The Morgan fingerprint density at radius 3 is 2.35 bits per heavy atom. The molecule has 1 rings (SSSR count). The fraction of sp³-hybridized carbons (Fsp3) is 0.438. The number of carbonyl (C=O) groups is 3. The van der Waals surface area contributed by atoms with Crippen LogP contribution < -0.4 is 10.6 Å². The summed E-state index contributed by atoms with van der Waals surface area (Å²) < 4.78 is 4.76. The van der Waals surface area contributed by atoms with E-state index < -0.39 is 0 Å². The van der Waals surface area contributed by atoms with E-state index in [0.717, 1.165) is 5.56 Å². The van der Waals surface area contributed by atoms with Crippen LogP contribution >= 0.6 is 0 Å². The summed E-state index contributed by atoms with van der Waals surface area (Å²) in [6.07, 6.45) is 0.297. The van der Waals surface area contributed by atoms with Crippen molar-refractivity contribution in [2.24, 2.45) is 0 Å². The average Bonchev–Trinajstić information content (AvgIpc) is 2.47. The number of carbonyl (C=O) groups excluding carboxylic acids is 3. The number of anilines is 2. The summed E-state index contributed by atoms with van der Waals surface area (Å²) in [7, 11) is 4.76. The number of benzene rings is 1. The largest absolute Gasteiger partial charge is 0.375 e. The van der Waals surface area contributed by atoms with E-state index in [1.807, 2.05) is 6.92 Å². The van der Waals surface area contributed by atoms with E-state index in [1.165, 1.54) is 12.0 Å². The third-order valence-corrected chi connectivity index (χ3v) is 3.12. The van der Waals surface area contributed by atoms with Gasteiger partial charge in [-0.3, -0.25) is 14.4 Å². The molecule has 0 saturated heterocycles. The van der Waals surface area contributed by atoms with Crippen molar-refractivity contribution in [1.29, 1.82) is 0 Å². The quantitative estimate of drug-likeness (QED) is 0.794. The van der Waals surface area contributed by atoms with Gasteiger partial charge in [-0.25, -0.2) is 0 Å². The van der Waals surface area contributed by atoms with E-state index >= 15 is 0 Å². The van der Waals surface area contributed by atoms with Gasteiger partial charge in [-0.1, -0.05) is 0 Å². The molecule has 23 heavy (non-hydrogen) atoms. The summed E-state index contributed by atoms with van der Waals surface area (Å²) in [6, 6.07) is 5.17. The lowest BCUT2D eigenvalue weighted by atomic mass is 10.1. The highest BCUT2D eigenvalue weighted by atomic mass is 16.5. The fourth-order valence-electron chi connectivity index (χ4n) is 1.87. The van der Waals surface area contributed by atoms with Crippen LogP contribution in [0.1, 0.15) is 18.4 Å². The van der Waals surface area contributed by atoms with Crippen LogP contribution in [0.3, 0.4) is 0 Å². The molecule has 0 heterocycles. The van der Waals surface area contributed by atoms with Gasteiger partial charge in [0.15, 0.2) is 0 Å². The maximum Gasteiger partial charge on any atom is 0.250 e. The van der Waals surface area contributed by atoms with Gasteiger partial charge < -0.3 is 20.3 Å². The molecule has 126 valence electrons. The number of methoxy groups -OCH3 is 1. The second kappa shape index (κ2) is 8.89. The van der Waals surface area contributed by atoms with Crippen LogP contribution in [0, 0.1) is 6.92 Å². The van der Waals surface area contributed by atoms with E-state index in [1.54, 1.807) is 32.3 Å². The predicted molar refractivity (Wildman–Crippen MR) is 88.2 cm³/mol. The highest BCUT2D eigenvalue weighted by Crippen LogP contribution is 2.20. The fourth-order valence-corrected chi connectivity index (χ4v) is 1.87. The van der Waals surface area contributed by atoms with Crippen molar-refractivity contribution in [3.05, 3.63) is 23.8 Å². The van der Waals surface area contributed by atoms with Crippen molar-refractivity contribution >= 4 is 29.1 Å². The molecule has 0 aliphatic heterocycles. The third-order valence-electron chi connectivity index (χ3n) is 3.12. The molecule has 0 aliphatic carbocycles. The first-order valence-corrected chi connectivity index (χ1v) is 7.23. The molecule has 7 nitrogen and oxygen atoms in total. The Labute approximate surface area is 136 Å². The van der Waals surface area contributed by atoms with E-state index in [2.05, 4.69) is 10.6 Å². The minimum Gasteiger partial charge on any atom is -0.375 e. The maximum atomic E-state index is 11.8. The number of rotatable bonds is 7. The van der Waals surface area contributed by atoms with Crippen molar-refractivity contribution in [3.8, 4) is 0 Å². The zero-order valence-corrected chi connectivity index (χ0v) is 13.9. The first kappa shape index (κ1) is 18.6. The summed E-state index contributed by atoms with van der Waals surface area (Å²) in [4.78, 5) is 36.2. The van der Waals surface area contributed by atoms with Gasteiger partial charge >= 0.3 is 0 Å². The van der Waals surface area contributed by atoms with Crippen LogP contribution in [0.4, 0.5) is 11.4 Å². The van der Waals surface area contributed by atoms with Crippen molar-refractivity contribution in [2.75, 3.05) is 38.4 Å². The third kappa shape index (κ3) is 6.48. The molecule has 0 fully saturated rings. The van der Waals surface area contributed by atoms with Crippen LogP contribution in [0.2, 0.25) is 0 Å². The molecule has 2 N–H and O–H groups in total. The lowest BCUT2D eigenvalue weighted by Gasteiger charge is -2.12. The number of amides is 3. The topological polar surface area (TPSA) is 87.7 Å². The Morgan fingerprint density at radius 2 is 1.78 bits per heavy atom. The van der Waals surface area contributed by atoms with E-state index in [9.17, 15) is 14.4 Å². The predicted octanol–water partition coefficient (Wildman–Crippen LogP) is 1.39. The molecule has 0 aromatic heterocycles. The van der Waals surface area contributed by atoms with Gasteiger partial charge in [-0.15, -0.1) is 0 Å². The van der Waals surface area contributed by atoms with Gasteiger partial charge in [0.1, 0.15) is 6.61 Å². The van der Waals surface area contributed by atoms with E-state index in [-0.39, 0.29) is 37.2 Å². The van der Waals surface area contributed by atoms with E-state index in [0.29, 0.717) is 11.4 Å². The molecule has 0 unspecified atom stereocenters. The van der Waals surface area contributed by atoms with Gasteiger partial charge in [-0.2, -0.15) is 0 Å². The molecule has 3 amide bonds. The van der Waals surface area contributed by atoms with Crippen LogP contribution in [0.25, 0.3) is 0 Å². The number of hydrogen-bond donors (Lipinski definition) is 2. The molecule has 1 aromatic carbocycles. The second-order valence-electron chi connectivity index (χ2n) is 5.35. The molecule has 0 radical (unpaired) electrons. The average molecular weight is 321 g/mol. The minimum absolute atomic E-state index is 0.0160. The molecule has 0 spiro atoms. The van der Waals surface area contributed by atoms with Crippen molar-refractivity contribution in [3.63, 3.8) is 0 Å². The monoisotopic (exact) mass is 321 g/mol. The Balaban J connectivity index is 2.58. The zero-order valence-electron chi connectivity index (χ0n) is 13.9. The minimum atomic E-state index is -0.241. The van der Waals surface area contributed by atoms with Gasteiger partial charge in [0, 0.05) is 45.4 Å². The van der Waals surface area contributed by atoms with Crippen LogP contribution in [0.5, 0.6) is 0 Å². The van der Waals surface area contributed by atoms with Crippen molar-refractivity contribution in [1.82, 2.24) is 4.90 Å². The number of aryl methyl sites for hydroxylation is 1. The standard InChI is InChI=1S/C16H23N3O4/c1-11-9-12(5-6-13(11)18-15(21)10-23-4)17-14(20)7-8-16(22)19(2)3/h5-6,9H,7-8,10H2,1-4H3,(H,17,20)(H,18,21). The van der Waals surface area contributed by atoms with Gasteiger partial charge in [0.05, 0.1) is 0 Å². The Kier molecular flexibility index (Phi) is 7.21. The van der Waals surface area contributed by atoms with Crippen LogP contribution in [-0.2, 0) is 19.1 Å². The first-order chi connectivity index (χ1) is 10.8. The molecule has 0 bridgehead atoms. The summed E-state index contributed by atoms with van der Waals surface area (Å²) in [6.45, 7) is 1.81. The number of hydrogen-bond acceptors (Lipinski definition) is 4. The van der Waals surface area contributed by atoms with Crippen molar-refractivity contribution in [2.45, 2.75) is 19.8 Å². The van der Waals surface area contributed by atoms with Crippen LogP contribution in [0.15, 0.2) is 18.2 Å². The summed E-state index contributed by atoms with van der Waals surface area (Å²) in [5.41, 5.74) is 2.10. The lowest BCUT2D eigenvalue weighted by molar-refractivity contribution is -0.130. The van der Waals surface area contributed by atoms with Gasteiger partial charge in [0.2, 0.25) is 17.7 Å². The van der Waals surface area contributed by atoms with Crippen molar-refractivity contribution < 1.29 is 19.1 Å². The first-order valence-electron chi connectivity index (χ1n) is 7.23. The lowest BCUT2D eigenvalue weighted by Crippen LogP contribution is -2.23. The SMILES string of the molecule is COCC(=O)Nc1ccc(NC(=O)CCC(=O)N(C)C)cc1C. The zero-order chi connectivity index (χ0) is 17.4. The van der Waals surface area contributed by atoms with Crippen LogP contribution in [-0.4, -0.2) is 50.4 Å². The molecule has 0 saturated carbocycles. The summed E-state index contributed by atoms with van der Waals surface area (Å²) >= 11 is 0. The molecule has 7 heteroatoms. The molecule has 0 atom stereocenters. The normalized spacial score (nSPS) is 10.1. The maximum absolute atomic E-state index is 11.8. The highest BCUT2D eigenvalue weighted by molar-refractivity contribution is 5.95. The number of nitrogens with one attached hydrogen (secondary N) is 2. The molecule has 1 aromatic rings. The summed E-state index contributed by atoms with van der Waals surface area (Å²) in [5, 5.41) is 5.45. The highest BCUT2D eigenvalue weighted by Gasteiger charge is 2.10. The molecular formula is C16H23N3O4. The molecular weight excluding hydrogens is 298 g/mol. The summed E-state index contributed by atoms with van der Waals surface area (Å²) in [5.74, 6) is -0.558. The second-order valence-corrected chi connectivity index (χ2v) is 5.35. The number of nitrogens with zero attached hydrogens (tertiary/aromatic N) is 1. The van der Waals surface area contributed by atoms with Gasteiger partial charge in [0.25, 0.3) is 0 Å². The Morgan fingerprint density at radius 1 is 1.09 bits per heavy atom. The smallest absolute Gasteiger partial charge is 0.250 e. The Hall–Kier alpha value is -2.41. The van der Waals surface area contributed by atoms with Gasteiger partial charge in [-0.05, 0) is 30.7 Å². The van der Waals surface area contributed by atoms with E-state index in [4.69, 9.17) is 4.74 Å². The molecule has 0 aliphatic rings. The number of ether oxygens (including phenoxy) is 1.